The van der Waals surface area contributed by atoms with E-state index in [1.807, 2.05) is 6.92 Å². The molecule has 2 rings (SSSR count). The smallest absolute Gasteiger partial charge is 0.337 e. The van der Waals surface area contributed by atoms with E-state index < -0.39 is 11.8 Å². The fourth-order valence-electron chi connectivity index (χ4n) is 1.81. The predicted molar refractivity (Wildman–Crippen MR) is 72.6 cm³/mol. The minimum atomic E-state index is -1.04. The fraction of sp³-hybridized carbons (Fsp3) is 0.133. The van der Waals surface area contributed by atoms with Gasteiger partial charge in [0, 0.05) is 0 Å². The average molecular weight is 259 g/mol. The van der Waals surface area contributed by atoms with Gasteiger partial charge in [-0.05, 0) is 43.7 Å². The first kappa shape index (κ1) is 13.1. The molecule has 0 aliphatic carbocycles. The Hall–Kier alpha value is -2.36. The molecule has 0 bridgehead atoms. The molecule has 2 N–H and O–H groups in total. The maximum absolute atomic E-state index is 13.7. The van der Waals surface area contributed by atoms with Crippen LogP contribution in [0.1, 0.15) is 21.5 Å². The molecule has 0 unspecified atom stereocenters. The molecule has 0 radical (unpaired) electrons. The van der Waals surface area contributed by atoms with Crippen molar-refractivity contribution in [1.82, 2.24) is 0 Å². The Kier molecular flexibility index (Phi) is 3.51. The minimum absolute atomic E-state index is 0.125. The first-order valence-corrected chi connectivity index (χ1v) is 5.84. The van der Waals surface area contributed by atoms with Crippen molar-refractivity contribution in [3.05, 3.63) is 58.9 Å². The van der Waals surface area contributed by atoms with Gasteiger partial charge >= 0.3 is 5.97 Å². The molecule has 2 aromatic rings. The third kappa shape index (κ3) is 2.91. The summed E-state index contributed by atoms with van der Waals surface area (Å²) in [6.45, 7) is 3.60. The summed E-state index contributed by atoms with van der Waals surface area (Å²) >= 11 is 0. The van der Waals surface area contributed by atoms with Gasteiger partial charge in [0.25, 0.3) is 0 Å². The summed E-state index contributed by atoms with van der Waals surface area (Å²) < 4.78 is 13.7. The maximum Gasteiger partial charge on any atom is 0.337 e. The van der Waals surface area contributed by atoms with E-state index in [0.29, 0.717) is 5.69 Å². The third-order valence-electron chi connectivity index (χ3n) is 2.80. The molecule has 0 aliphatic heterocycles. The van der Waals surface area contributed by atoms with Gasteiger partial charge in [0.05, 0.1) is 16.9 Å². The van der Waals surface area contributed by atoms with Crippen LogP contribution in [-0.4, -0.2) is 11.1 Å². The Morgan fingerprint density at radius 3 is 2.21 bits per heavy atom. The molecule has 0 saturated heterocycles. The maximum atomic E-state index is 13.7. The highest BCUT2D eigenvalue weighted by atomic mass is 19.1. The highest BCUT2D eigenvalue weighted by Gasteiger charge is 2.11. The SMILES string of the molecule is Cc1ccc(Nc2ccc(C)cc2C(=O)O)c(F)c1. The lowest BCUT2D eigenvalue weighted by molar-refractivity contribution is 0.0698. The number of carboxylic acid groups (broad SMARTS) is 1. The van der Waals surface area contributed by atoms with E-state index in [-0.39, 0.29) is 11.3 Å². The minimum Gasteiger partial charge on any atom is -0.478 e. The zero-order valence-corrected chi connectivity index (χ0v) is 10.7. The summed E-state index contributed by atoms with van der Waals surface area (Å²) in [5, 5.41) is 12.0. The van der Waals surface area contributed by atoms with Gasteiger partial charge in [-0.1, -0.05) is 17.7 Å². The summed E-state index contributed by atoms with van der Waals surface area (Å²) in [6, 6.07) is 9.73. The van der Waals surface area contributed by atoms with Crippen LogP contribution in [-0.2, 0) is 0 Å². The Morgan fingerprint density at radius 1 is 1.05 bits per heavy atom. The van der Waals surface area contributed by atoms with Crippen molar-refractivity contribution in [2.45, 2.75) is 13.8 Å². The Labute approximate surface area is 110 Å². The molecule has 0 aliphatic rings. The molecule has 0 aromatic heterocycles. The Morgan fingerprint density at radius 2 is 1.63 bits per heavy atom. The highest BCUT2D eigenvalue weighted by molar-refractivity contribution is 5.95. The lowest BCUT2D eigenvalue weighted by Crippen LogP contribution is -2.04. The standard InChI is InChI=1S/C15H14FNO2/c1-9-3-5-13(11(7-9)15(18)19)17-14-6-4-10(2)8-12(14)16/h3-8,17H,1-2H3,(H,18,19). The van der Waals surface area contributed by atoms with Crippen molar-refractivity contribution in [3.8, 4) is 0 Å². The Bertz CT molecular complexity index is 638. The molecule has 98 valence electrons. The number of rotatable bonds is 3. The van der Waals surface area contributed by atoms with E-state index in [9.17, 15) is 9.18 Å². The summed E-state index contributed by atoms with van der Waals surface area (Å²) in [4.78, 5) is 11.2. The molecule has 0 spiro atoms. The Balaban J connectivity index is 2.40. The quantitative estimate of drug-likeness (QED) is 0.879. The molecule has 4 heteroatoms. The van der Waals surface area contributed by atoms with Crippen LogP contribution in [0, 0.1) is 19.7 Å². The van der Waals surface area contributed by atoms with Crippen LogP contribution < -0.4 is 5.32 Å². The van der Waals surface area contributed by atoms with E-state index in [0.717, 1.165) is 11.1 Å². The lowest BCUT2D eigenvalue weighted by Gasteiger charge is -2.11. The van der Waals surface area contributed by atoms with E-state index in [4.69, 9.17) is 5.11 Å². The first-order valence-electron chi connectivity index (χ1n) is 5.84. The second-order valence-corrected chi connectivity index (χ2v) is 4.46. The zero-order chi connectivity index (χ0) is 14.0. The number of carbonyl (C=O) groups is 1. The van der Waals surface area contributed by atoms with E-state index in [1.165, 1.54) is 6.07 Å². The van der Waals surface area contributed by atoms with Crippen LogP contribution in [0.25, 0.3) is 0 Å². The van der Waals surface area contributed by atoms with Gasteiger partial charge in [-0.25, -0.2) is 9.18 Å². The van der Waals surface area contributed by atoms with Crippen molar-refractivity contribution in [2.24, 2.45) is 0 Å². The van der Waals surface area contributed by atoms with Crippen LogP contribution in [0.15, 0.2) is 36.4 Å². The molecule has 19 heavy (non-hydrogen) atoms. The molecular weight excluding hydrogens is 245 g/mol. The average Bonchev–Trinajstić information content (AvgIpc) is 2.34. The molecule has 0 amide bonds. The summed E-state index contributed by atoms with van der Waals surface area (Å²) in [5.74, 6) is -1.45. The van der Waals surface area contributed by atoms with Crippen molar-refractivity contribution >= 4 is 17.3 Å². The van der Waals surface area contributed by atoms with Gasteiger partial charge in [-0.15, -0.1) is 0 Å². The van der Waals surface area contributed by atoms with Crippen molar-refractivity contribution in [1.29, 1.82) is 0 Å². The van der Waals surface area contributed by atoms with Crippen LogP contribution in [0.2, 0.25) is 0 Å². The largest absolute Gasteiger partial charge is 0.478 e. The van der Waals surface area contributed by atoms with Gasteiger partial charge in [-0.3, -0.25) is 0 Å². The van der Waals surface area contributed by atoms with Crippen LogP contribution in [0.3, 0.4) is 0 Å². The molecule has 2 aromatic carbocycles. The number of carboxylic acids is 1. The predicted octanol–water partition coefficient (Wildman–Crippen LogP) is 3.88. The van der Waals surface area contributed by atoms with Gasteiger partial charge in [0.15, 0.2) is 0 Å². The number of hydrogen-bond donors (Lipinski definition) is 2. The monoisotopic (exact) mass is 259 g/mol. The van der Waals surface area contributed by atoms with Gasteiger partial charge in [0.1, 0.15) is 5.82 Å². The first-order chi connectivity index (χ1) is 8.97. The van der Waals surface area contributed by atoms with Crippen LogP contribution in [0.4, 0.5) is 15.8 Å². The molecule has 3 nitrogen and oxygen atoms in total. The van der Waals surface area contributed by atoms with Gasteiger partial charge < -0.3 is 10.4 Å². The number of anilines is 2. The van der Waals surface area contributed by atoms with Crippen molar-refractivity contribution in [2.75, 3.05) is 5.32 Å². The van der Waals surface area contributed by atoms with E-state index >= 15 is 0 Å². The summed E-state index contributed by atoms with van der Waals surface area (Å²) in [6.07, 6.45) is 0. The number of aryl methyl sites for hydroxylation is 2. The van der Waals surface area contributed by atoms with Crippen molar-refractivity contribution in [3.63, 3.8) is 0 Å². The van der Waals surface area contributed by atoms with E-state index in [1.54, 1.807) is 37.3 Å². The number of hydrogen-bond acceptors (Lipinski definition) is 2. The van der Waals surface area contributed by atoms with Crippen LogP contribution in [0.5, 0.6) is 0 Å². The number of benzene rings is 2. The van der Waals surface area contributed by atoms with Crippen molar-refractivity contribution < 1.29 is 14.3 Å². The number of nitrogens with one attached hydrogen (secondary N) is 1. The third-order valence-corrected chi connectivity index (χ3v) is 2.80. The fourth-order valence-corrected chi connectivity index (χ4v) is 1.81. The molecule has 0 heterocycles. The topological polar surface area (TPSA) is 49.3 Å². The zero-order valence-electron chi connectivity index (χ0n) is 10.7. The summed E-state index contributed by atoms with van der Waals surface area (Å²) in [5.41, 5.74) is 2.41. The van der Waals surface area contributed by atoms with E-state index in [2.05, 4.69) is 5.32 Å². The normalized spacial score (nSPS) is 10.3. The number of aromatic carboxylic acids is 1. The molecule has 0 atom stereocenters. The van der Waals surface area contributed by atoms with Gasteiger partial charge in [-0.2, -0.15) is 0 Å². The van der Waals surface area contributed by atoms with Gasteiger partial charge in [0.2, 0.25) is 0 Å². The second-order valence-electron chi connectivity index (χ2n) is 4.46. The van der Waals surface area contributed by atoms with Crippen LogP contribution >= 0.6 is 0 Å². The highest BCUT2D eigenvalue weighted by Crippen LogP contribution is 2.24. The summed E-state index contributed by atoms with van der Waals surface area (Å²) in [7, 11) is 0. The number of halogens is 1. The molecule has 0 saturated carbocycles. The molecular formula is C15H14FNO2. The second kappa shape index (κ2) is 5.10. The molecule has 0 fully saturated rings. The lowest BCUT2D eigenvalue weighted by atomic mass is 10.1.